The summed E-state index contributed by atoms with van der Waals surface area (Å²) < 4.78 is 11.1. The maximum absolute atomic E-state index is 11.4. The quantitative estimate of drug-likeness (QED) is 0.778. The molecular formula is C10H11N3O3. The van der Waals surface area contributed by atoms with Crippen molar-refractivity contribution in [3.63, 3.8) is 0 Å². The second-order valence-corrected chi connectivity index (χ2v) is 3.31. The molecule has 0 aliphatic heterocycles. The summed E-state index contributed by atoms with van der Waals surface area (Å²) >= 11 is 0. The summed E-state index contributed by atoms with van der Waals surface area (Å²) in [6.45, 7) is 0.463. The van der Waals surface area contributed by atoms with Crippen molar-refractivity contribution in [2.24, 2.45) is 0 Å². The van der Waals surface area contributed by atoms with Crippen molar-refractivity contribution in [1.29, 1.82) is 0 Å². The maximum atomic E-state index is 11.4. The van der Waals surface area contributed by atoms with Crippen molar-refractivity contribution in [3.05, 3.63) is 36.0 Å². The molecule has 0 amide bonds. The minimum Gasteiger partial charge on any atom is -0.464 e. The maximum Gasteiger partial charge on any atom is 0.354 e. The van der Waals surface area contributed by atoms with Gasteiger partial charge in [-0.05, 0) is 6.07 Å². The Kier molecular flexibility index (Phi) is 2.63. The van der Waals surface area contributed by atoms with Crippen LogP contribution < -0.4 is 5.73 Å². The van der Waals surface area contributed by atoms with Gasteiger partial charge in [0.1, 0.15) is 12.0 Å². The van der Waals surface area contributed by atoms with Gasteiger partial charge in [0.05, 0.1) is 25.5 Å². The zero-order valence-corrected chi connectivity index (χ0v) is 8.71. The van der Waals surface area contributed by atoms with Crippen LogP contribution in [0.1, 0.15) is 16.1 Å². The molecule has 84 valence electrons. The molecule has 0 aliphatic rings. The average molecular weight is 221 g/mol. The summed E-state index contributed by atoms with van der Waals surface area (Å²) in [4.78, 5) is 11.4. The summed E-state index contributed by atoms with van der Waals surface area (Å²) in [7, 11) is 1.33. The van der Waals surface area contributed by atoms with Crippen molar-refractivity contribution in [3.8, 4) is 0 Å². The summed E-state index contributed by atoms with van der Waals surface area (Å²) in [5.41, 5.74) is 7.40. The molecule has 16 heavy (non-hydrogen) atoms. The van der Waals surface area contributed by atoms with Crippen molar-refractivity contribution >= 4 is 11.7 Å². The first-order valence-corrected chi connectivity index (χ1v) is 4.63. The Balaban J connectivity index is 2.29. The van der Waals surface area contributed by atoms with Crippen LogP contribution in [-0.2, 0) is 11.3 Å². The van der Waals surface area contributed by atoms with Crippen LogP contribution >= 0.6 is 0 Å². The molecule has 0 bridgehead atoms. The van der Waals surface area contributed by atoms with E-state index in [1.807, 2.05) is 0 Å². The van der Waals surface area contributed by atoms with E-state index < -0.39 is 5.97 Å². The molecule has 6 heteroatoms. The Bertz CT molecular complexity index is 487. The van der Waals surface area contributed by atoms with E-state index in [1.165, 1.54) is 13.4 Å². The molecule has 2 N–H and O–H groups in total. The molecule has 0 aliphatic carbocycles. The largest absolute Gasteiger partial charge is 0.464 e. The van der Waals surface area contributed by atoms with Crippen LogP contribution in [-0.4, -0.2) is 22.8 Å². The van der Waals surface area contributed by atoms with E-state index in [2.05, 4.69) is 9.89 Å². The topological polar surface area (TPSA) is 83.3 Å². The Hall–Kier alpha value is -2.24. The van der Waals surface area contributed by atoms with Crippen molar-refractivity contribution in [2.75, 3.05) is 12.8 Å². The molecule has 2 rings (SSSR count). The molecular weight excluding hydrogens is 210 g/mol. The number of nitrogens with two attached hydrogens (primary N) is 1. The molecule has 2 aromatic heterocycles. The van der Waals surface area contributed by atoms with E-state index in [0.29, 0.717) is 17.9 Å². The van der Waals surface area contributed by atoms with Crippen LogP contribution in [0.3, 0.4) is 0 Å². The number of carbonyl (C=O) groups excluding carboxylic acids is 1. The Morgan fingerprint density at radius 2 is 2.50 bits per heavy atom. The first-order valence-electron chi connectivity index (χ1n) is 4.63. The van der Waals surface area contributed by atoms with E-state index in [-0.39, 0.29) is 0 Å². The third-order valence-corrected chi connectivity index (χ3v) is 2.15. The van der Waals surface area contributed by atoms with E-state index in [9.17, 15) is 4.79 Å². The van der Waals surface area contributed by atoms with E-state index in [0.717, 1.165) is 5.56 Å². The summed E-state index contributed by atoms with van der Waals surface area (Å²) in [6.07, 6.45) is 4.76. The smallest absolute Gasteiger partial charge is 0.354 e. The van der Waals surface area contributed by atoms with Crippen molar-refractivity contribution < 1.29 is 14.1 Å². The predicted molar refractivity (Wildman–Crippen MR) is 55.8 cm³/mol. The van der Waals surface area contributed by atoms with Gasteiger partial charge in [-0.1, -0.05) is 5.16 Å². The molecule has 0 saturated carbocycles. The number of carbonyl (C=O) groups is 1. The number of aromatic nitrogens is 2. The highest BCUT2D eigenvalue weighted by Gasteiger charge is 2.13. The standard InChI is InChI=1S/C10H11N3O3/c1-15-10(14)9-2-8(11)5-13(9)4-7-3-12-16-6-7/h2-3,5-6H,4,11H2,1H3. The SMILES string of the molecule is COC(=O)c1cc(N)cn1Cc1cnoc1. The van der Waals surface area contributed by atoms with Gasteiger partial charge in [0, 0.05) is 11.8 Å². The number of hydrogen-bond acceptors (Lipinski definition) is 5. The van der Waals surface area contributed by atoms with Crippen molar-refractivity contribution in [2.45, 2.75) is 6.54 Å². The molecule has 0 fully saturated rings. The van der Waals surface area contributed by atoms with Crippen LogP contribution in [0.5, 0.6) is 0 Å². The second kappa shape index (κ2) is 4.09. The first kappa shape index (κ1) is 10.3. The molecule has 2 heterocycles. The van der Waals surface area contributed by atoms with Gasteiger partial charge < -0.3 is 19.6 Å². The number of hydrogen-bond donors (Lipinski definition) is 1. The van der Waals surface area contributed by atoms with Gasteiger partial charge in [0.2, 0.25) is 0 Å². The van der Waals surface area contributed by atoms with Crippen molar-refractivity contribution in [1.82, 2.24) is 9.72 Å². The average Bonchev–Trinajstić information content (AvgIpc) is 2.88. The lowest BCUT2D eigenvalue weighted by molar-refractivity contribution is 0.0589. The highest BCUT2D eigenvalue weighted by Crippen LogP contribution is 2.14. The lowest BCUT2D eigenvalue weighted by Crippen LogP contribution is -2.10. The van der Waals surface area contributed by atoms with E-state index in [1.54, 1.807) is 23.0 Å². The molecule has 0 spiro atoms. The molecule has 6 nitrogen and oxygen atoms in total. The number of esters is 1. The highest BCUT2D eigenvalue weighted by molar-refractivity contribution is 5.89. The second-order valence-electron chi connectivity index (χ2n) is 3.31. The molecule has 0 aromatic carbocycles. The fraction of sp³-hybridized carbons (Fsp3) is 0.200. The molecule has 0 unspecified atom stereocenters. The molecule has 0 saturated heterocycles. The summed E-state index contributed by atoms with van der Waals surface area (Å²) in [5.74, 6) is -0.423. The Morgan fingerprint density at radius 3 is 3.12 bits per heavy atom. The number of ether oxygens (including phenoxy) is 1. The zero-order valence-electron chi connectivity index (χ0n) is 8.71. The normalized spacial score (nSPS) is 10.3. The van der Waals surface area contributed by atoms with Gasteiger partial charge in [0.25, 0.3) is 0 Å². The monoisotopic (exact) mass is 221 g/mol. The highest BCUT2D eigenvalue weighted by atomic mass is 16.5. The van der Waals surface area contributed by atoms with Crippen LogP contribution in [0.2, 0.25) is 0 Å². The fourth-order valence-electron chi connectivity index (χ4n) is 1.44. The van der Waals surface area contributed by atoms with Crippen LogP contribution in [0, 0.1) is 0 Å². The third-order valence-electron chi connectivity index (χ3n) is 2.15. The summed E-state index contributed by atoms with van der Waals surface area (Å²) in [6, 6.07) is 1.57. The molecule has 2 aromatic rings. The van der Waals surface area contributed by atoms with Gasteiger partial charge >= 0.3 is 5.97 Å². The van der Waals surface area contributed by atoms with Gasteiger partial charge in [-0.3, -0.25) is 0 Å². The minimum atomic E-state index is -0.423. The Morgan fingerprint density at radius 1 is 1.69 bits per heavy atom. The summed E-state index contributed by atoms with van der Waals surface area (Å²) in [5, 5.41) is 3.58. The number of methoxy groups -OCH3 is 1. The number of nitrogens with zero attached hydrogens (tertiary/aromatic N) is 2. The van der Waals surface area contributed by atoms with Crippen LogP contribution in [0.25, 0.3) is 0 Å². The lowest BCUT2D eigenvalue weighted by atomic mass is 10.3. The number of nitrogen functional groups attached to an aromatic ring is 1. The van der Waals surface area contributed by atoms with Crippen LogP contribution in [0.15, 0.2) is 29.2 Å². The predicted octanol–water partition coefficient (Wildman–Crippen LogP) is 0.893. The van der Waals surface area contributed by atoms with E-state index in [4.69, 9.17) is 10.3 Å². The van der Waals surface area contributed by atoms with Gasteiger partial charge in [0.15, 0.2) is 0 Å². The molecule has 0 radical (unpaired) electrons. The third kappa shape index (κ3) is 1.90. The number of rotatable bonds is 3. The van der Waals surface area contributed by atoms with Gasteiger partial charge in [-0.25, -0.2) is 4.79 Å². The van der Waals surface area contributed by atoms with Gasteiger partial charge in [-0.2, -0.15) is 0 Å². The lowest BCUT2D eigenvalue weighted by Gasteiger charge is -2.04. The van der Waals surface area contributed by atoms with E-state index >= 15 is 0 Å². The minimum absolute atomic E-state index is 0.404. The Labute approximate surface area is 91.6 Å². The zero-order chi connectivity index (χ0) is 11.5. The fourth-order valence-corrected chi connectivity index (χ4v) is 1.44. The first-order chi connectivity index (χ1) is 7.70. The molecule has 0 atom stereocenters. The van der Waals surface area contributed by atoms with Crippen LogP contribution in [0.4, 0.5) is 5.69 Å². The van der Waals surface area contributed by atoms with Gasteiger partial charge in [-0.15, -0.1) is 0 Å². The number of anilines is 1.